The van der Waals surface area contributed by atoms with E-state index in [1.807, 2.05) is 31.2 Å². The van der Waals surface area contributed by atoms with Crippen LogP contribution in [0.1, 0.15) is 22.5 Å². The first-order chi connectivity index (χ1) is 12.7. The number of nitrogens with one attached hydrogen (secondary N) is 2. The van der Waals surface area contributed by atoms with Gasteiger partial charge in [0.2, 0.25) is 0 Å². The molecule has 1 aliphatic rings. The molecule has 144 valence electrons. The topological polar surface area (TPSA) is 57.5 Å². The van der Waals surface area contributed by atoms with E-state index >= 15 is 0 Å². The van der Waals surface area contributed by atoms with Gasteiger partial charge in [-0.2, -0.15) is 0 Å². The molecule has 27 heavy (non-hydrogen) atoms. The maximum Gasteiger partial charge on any atom is 0.287 e. The number of carbonyl (C=O) groups is 1. The molecular weight excluding hydrogens is 362 g/mol. The second-order valence-electron chi connectivity index (χ2n) is 6.92. The molecule has 0 atom stereocenters. The highest BCUT2D eigenvalue weighted by Crippen LogP contribution is 2.31. The smallest absolute Gasteiger partial charge is 0.287 e. The van der Waals surface area contributed by atoms with Gasteiger partial charge in [0, 0.05) is 49.1 Å². The average Bonchev–Trinajstić information content (AvgIpc) is 3.03. The van der Waals surface area contributed by atoms with Crippen molar-refractivity contribution in [2.75, 3.05) is 39.3 Å². The number of rotatable bonds is 5. The molecule has 1 amide bonds. The number of amides is 1. The van der Waals surface area contributed by atoms with Crippen molar-refractivity contribution in [2.45, 2.75) is 13.3 Å². The predicted octanol–water partition coefficient (Wildman–Crippen LogP) is 3.34. The van der Waals surface area contributed by atoms with Crippen LogP contribution in [0.3, 0.4) is 0 Å². The normalized spacial score (nSPS) is 15.0. The minimum absolute atomic E-state index is 0. The molecular formula is C21H26ClN3O2. The highest BCUT2D eigenvalue weighted by atomic mass is 35.5. The third-order valence-corrected chi connectivity index (χ3v) is 5.18. The summed E-state index contributed by atoms with van der Waals surface area (Å²) < 4.78 is 5.99. The van der Waals surface area contributed by atoms with Gasteiger partial charge in [0.15, 0.2) is 5.76 Å². The van der Waals surface area contributed by atoms with Crippen molar-refractivity contribution >= 4 is 40.1 Å². The van der Waals surface area contributed by atoms with Gasteiger partial charge in [-0.15, -0.1) is 12.4 Å². The zero-order chi connectivity index (χ0) is 17.9. The third kappa shape index (κ3) is 4.10. The molecule has 0 spiro atoms. The van der Waals surface area contributed by atoms with E-state index in [0.717, 1.165) is 66.4 Å². The van der Waals surface area contributed by atoms with E-state index in [0.29, 0.717) is 12.3 Å². The number of carbonyl (C=O) groups excluding carboxylic acids is 1. The molecule has 3 aromatic rings. The lowest BCUT2D eigenvalue weighted by Crippen LogP contribution is -2.44. The van der Waals surface area contributed by atoms with Crippen LogP contribution in [0.2, 0.25) is 0 Å². The Bertz CT molecular complexity index is 932. The molecule has 4 rings (SSSR count). The molecule has 0 unspecified atom stereocenters. The third-order valence-electron chi connectivity index (χ3n) is 5.18. The van der Waals surface area contributed by atoms with Crippen molar-refractivity contribution in [2.24, 2.45) is 0 Å². The summed E-state index contributed by atoms with van der Waals surface area (Å²) in [5, 5.41) is 9.54. The van der Waals surface area contributed by atoms with Crippen LogP contribution in [0.25, 0.3) is 21.7 Å². The largest absolute Gasteiger partial charge is 0.450 e. The summed E-state index contributed by atoms with van der Waals surface area (Å²) in [6.45, 7) is 7.92. The number of furan rings is 1. The first-order valence-corrected chi connectivity index (χ1v) is 9.36. The summed E-state index contributed by atoms with van der Waals surface area (Å²) in [6.07, 6.45) is 0.952. The second kappa shape index (κ2) is 8.74. The molecule has 0 aliphatic carbocycles. The summed E-state index contributed by atoms with van der Waals surface area (Å²) in [7, 11) is 0. The standard InChI is InChI=1S/C21H25N3O2.ClH/c1-15-17-8-7-16-5-2-3-6-18(16)20(17)26-19(15)21(25)23-9-4-12-24-13-10-22-11-14-24;/h2-3,5-8,22H,4,9-14H2,1H3,(H,23,25);1H. The van der Waals surface area contributed by atoms with Crippen molar-refractivity contribution in [3.63, 3.8) is 0 Å². The Morgan fingerprint density at radius 3 is 2.74 bits per heavy atom. The molecule has 0 radical (unpaired) electrons. The van der Waals surface area contributed by atoms with Crippen LogP contribution in [0.15, 0.2) is 40.8 Å². The van der Waals surface area contributed by atoms with Gasteiger partial charge < -0.3 is 20.0 Å². The molecule has 0 saturated carbocycles. The van der Waals surface area contributed by atoms with Crippen molar-refractivity contribution in [1.82, 2.24) is 15.5 Å². The van der Waals surface area contributed by atoms with Gasteiger partial charge in [-0.1, -0.05) is 36.4 Å². The average molecular weight is 388 g/mol. The van der Waals surface area contributed by atoms with E-state index in [1.54, 1.807) is 0 Å². The minimum atomic E-state index is -0.122. The van der Waals surface area contributed by atoms with Crippen LogP contribution >= 0.6 is 12.4 Å². The van der Waals surface area contributed by atoms with E-state index in [4.69, 9.17) is 4.42 Å². The van der Waals surface area contributed by atoms with Crippen LogP contribution in [0.5, 0.6) is 0 Å². The number of nitrogens with zero attached hydrogens (tertiary/aromatic N) is 1. The summed E-state index contributed by atoms with van der Waals surface area (Å²) in [4.78, 5) is 15.0. The lowest BCUT2D eigenvalue weighted by Gasteiger charge is -2.26. The van der Waals surface area contributed by atoms with Gasteiger partial charge in [0.1, 0.15) is 5.58 Å². The van der Waals surface area contributed by atoms with Crippen LogP contribution in [-0.2, 0) is 0 Å². The molecule has 2 heterocycles. The number of fused-ring (bicyclic) bond motifs is 3. The Labute approximate surface area is 165 Å². The van der Waals surface area contributed by atoms with Gasteiger partial charge >= 0.3 is 0 Å². The molecule has 5 nitrogen and oxygen atoms in total. The SMILES string of the molecule is Cc1c(C(=O)NCCCN2CCNCC2)oc2c1ccc1ccccc12.Cl. The van der Waals surface area contributed by atoms with Gasteiger partial charge in [-0.25, -0.2) is 0 Å². The van der Waals surface area contributed by atoms with Gasteiger partial charge in [0.05, 0.1) is 0 Å². The zero-order valence-corrected chi connectivity index (χ0v) is 16.4. The number of piperazine rings is 1. The van der Waals surface area contributed by atoms with Crippen LogP contribution in [0, 0.1) is 6.92 Å². The van der Waals surface area contributed by atoms with Crippen LogP contribution in [-0.4, -0.2) is 50.1 Å². The van der Waals surface area contributed by atoms with Crippen molar-refractivity contribution in [3.8, 4) is 0 Å². The molecule has 1 saturated heterocycles. The van der Waals surface area contributed by atoms with E-state index in [1.165, 1.54) is 0 Å². The lowest BCUT2D eigenvalue weighted by molar-refractivity contribution is 0.0925. The van der Waals surface area contributed by atoms with E-state index in [9.17, 15) is 4.79 Å². The number of hydrogen-bond acceptors (Lipinski definition) is 4. The summed E-state index contributed by atoms with van der Waals surface area (Å²) >= 11 is 0. The predicted molar refractivity (Wildman–Crippen MR) is 112 cm³/mol. The first-order valence-electron chi connectivity index (χ1n) is 9.36. The molecule has 1 aromatic heterocycles. The quantitative estimate of drug-likeness (QED) is 0.659. The van der Waals surface area contributed by atoms with Crippen molar-refractivity contribution in [1.29, 1.82) is 0 Å². The molecule has 6 heteroatoms. The molecule has 1 aliphatic heterocycles. The minimum Gasteiger partial charge on any atom is -0.450 e. The Morgan fingerprint density at radius 2 is 1.93 bits per heavy atom. The van der Waals surface area contributed by atoms with Crippen molar-refractivity contribution < 1.29 is 9.21 Å². The van der Waals surface area contributed by atoms with Gasteiger partial charge in [-0.05, 0) is 25.3 Å². The zero-order valence-electron chi connectivity index (χ0n) is 15.6. The Morgan fingerprint density at radius 1 is 1.15 bits per heavy atom. The van der Waals surface area contributed by atoms with Crippen LogP contribution < -0.4 is 10.6 Å². The van der Waals surface area contributed by atoms with E-state index in [-0.39, 0.29) is 18.3 Å². The Balaban J connectivity index is 0.00000210. The van der Waals surface area contributed by atoms with Crippen molar-refractivity contribution in [3.05, 3.63) is 47.7 Å². The highest BCUT2D eigenvalue weighted by molar-refractivity contribution is 6.08. The maximum atomic E-state index is 12.6. The Hall–Kier alpha value is -2.08. The molecule has 1 fully saturated rings. The number of aryl methyl sites for hydroxylation is 1. The molecule has 0 bridgehead atoms. The fourth-order valence-corrected chi connectivity index (χ4v) is 3.69. The summed E-state index contributed by atoms with van der Waals surface area (Å²) in [5.74, 6) is 0.307. The number of benzene rings is 2. The van der Waals surface area contributed by atoms with Crippen LogP contribution in [0.4, 0.5) is 0 Å². The maximum absolute atomic E-state index is 12.6. The van der Waals surface area contributed by atoms with Gasteiger partial charge in [-0.3, -0.25) is 4.79 Å². The Kier molecular flexibility index (Phi) is 6.37. The first kappa shape index (κ1) is 19.7. The van der Waals surface area contributed by atoms with E-state index in [2.05, 4.69) is 27.7 Å². The van der Waals surface area contributed by atoms with E-state index < -0.39 is 0 Å². The molecule has 2 N–H and O–H groups in total. The number of hydrogen-bond donors (Lipinski definition) is 2. The number of halogens is 1. The summed E-state index contributed by atoms with van der Waals surface area (Å²) in [5.41, 5.74) is 1.71. The monoisotopic (exact) mass is 387 g/mol. The summed E-state index contributed by atoms with van der Waals surface area (Å²) in [6, 6.07) is 12.2. The highest BCUT2D eigenvalue weighted by Gasteiger charge is 2.18. The molecule has 2 aromatic carbocycles. The lowest BCUT2D eigenvalue weighted by atomic mass is 10.1. The second-order valence-corrected chi connectivity index (χ2v) is 6.92. The fourth-order valence-electron chi connectivity index (χ4n) is 3.69. The van der Waals surface area contributed by atoms with Gasteiger partial charge in [0.25, 0.3) is 5.91 Å². The fraction of sp³-hybridized carbons (Fsp3) is 0.381.